The number of carbonyl (C=O) groups excluding carboxylic acids is 3. The number of rotatable bonds is 15. The third-order valence-electron chi connectivity index (χ3n) is 6.87. The lowest BCUT2D eigenvalue weighted by molar-refractivity contribution is -0.162. The van der Waals surface area contributed by atoms with Crippen molar-refractivity contribution < 1.29 is 28.6 Å². The van der Waals surface area contributed by atoms with E-state index in [1.807, 2.05) is 11.8 Å². The molecule has 3 aliphatic heterocycles. The molecule has 6 unspecified atom stereocenters. The van der Waals surface area contributed by atoms with E-state index in [0.717, 1.165) is 19.6 Å². The summed E-state index contributed by atoms with van der Waals surface area (Å²) in [7, 11) is 0. The maximum atomic E-state index is 12.2. The largest absolute Gasteiger partial charge is 0.465 e. The molecule has 9 heteroatoms. The summed E-state index contributed by atoms with van der Waals surface area (Å²) in [5.41, 5.74) is -0.744. The number of hydrogen-bond acceptors (Lipinski definition) is 9. The van der Waals surface area contributed by atoms with E-state index in [0.29, 0.717) is 50.5 Å². The monoisotopic (exact) mass is 453 g/mol. The minimum absolute atomic E-state index is 0.0530. The molecule has 0 bridgehead atoms. The van der Waals surface area contributed by atoms with E-state index in [1.165, 1.54) is 0 Å². The van der Waals surface area contributed by atoms with Crippen LogP contribution >= 0.6 is 0 Å². The summed E-state index contributed by atoms with van der Waals surface area (Å²) < 4.78 is 16.6. The normalized spacial score (nSPS) is 31.9. The number of nitrogens with zero attached hydrogens (tertiary/aromatic N) is 3. The highest BCUT2D eigenvalue weighted by Crippen LogP contribution is 2.26. The zero-order valence-electron chi connectivity index (χ0n) is 20.0. The van der Waals surface area contributed by atoms with Crippen molar-refractivity contribution in [1.29, 1.82) is 0 Å². The van der Waals surface area contributed by atoms with Crippen LogP contribution in [0, 0.1) is 5.41 Å². The molecule has 3 saturated heterocycles. The zero-order valence-corrected chi connectivity index (χ0v) is 20.0. The van der Waals surface area contributed by atoms with Gasteiger partial charge in [0.1, 0.15) is 19.8 Å². The molecule has 3 rings (SSSR count). The molecule has 182 valence electrons. The van der Waals surface area contributed by atoms with E-state index < -0.39 is 5.41 Å². The van der Waals surface area contributed by atoms with Crippen LogP contribution in [0.2, 0.25) is 0 Å². The highest BCUT2D eigenvalue weighted by Gasteiger charge is 2.37. The summed E-state index contributed by atoms with van der Waals surface area (Å²) in [5.74, 6) is -0.878. The minimum Gasteiger partial charge on any atom is -0.465 e. The molecule has 0 radical (unpaired) electrons. The van der Waals surface area contributed by atoms with Crippen LogP contribution in [-0.4, -0.2) is 110 Å². The predicted molar refractivity (Wildman–Crippen MR) is 118 cm³/mol. The molecular formula is C23H39N3O6. The van der Waals surface area contributed by atoms with Gasteiger partial charge in [-0.1, -0.05) is 6.92 Å². The number of ether oxygens (including phenoxy) is 3. The number of carbonyl (C=O) groups is 3. The van der Waals surface area contributed by atoms with Gasteiger partial charge in [-0.25, -0.2) is 0 Å². The van der Waals surface area contributed by atoms with Crippen molar-refractivity contribution in [3.63, 3.8) is 0 Å². The van der Waals surface area contributed by atoms with Crippen LogP contribution in [0.5, 0.6) is 0 Å². The van der Waals surface area contributed by atoms with Crippen molar-refractivity contribution in [2.45, 2.75) is 65.1 Å². The molecule has 0 saturated carbocycles. The maximum absolute atomic E-state index is 12.2. The fourth-order valence-electron chi connectivity index (χ4n) is 3.68. The molecule has 0 aromatic heterocycles. The molecule has 0 aliphatic carbocycles. The zero-order chi connectivity index (χ0) is 23.3. The lowest BCUT2D eigenvalue weighted by atomic mass is 9.88. The van der Waals surface area contributed by atoms with Crippen LogP contribution in [-0.2, 0) is 28.6 Å². The van der Waals surface area contributed by atoms with Gasteiger partial charge in [0.25, 0.3) is 0 Å². The lowest BCUT2D eigenvalue weighted by Crippen LogP contribution is -2.40. The van der Waals surface area contributed by atoms with Gasteiger partial charge in [0.15, 0.2) is 0 Å². The standard InChI is InChI=1S/C23H39N3O6/c1-5-23(16-32-22(29)13-26-12-19(26)4,14-30-20(27)6-8-24-10-17(24)2)15-31-21(28)7-9-25-11-18(25)3/h17-19H,5-16H2,1-4H3. The first-order valence-corrected chi connectivity index (χ1v) is 11.9. The summed E-state index contributed by atoms with van der Waals surface area (Å²) in [6.07, 6.45) is 1.20. The van der Waals surface area contributed by atoms with Crippen molar-refractivity contribution in [1.82, 2.24) is 14.7 Å². The van der Waals surface area contributed by atoms with E-state index in [4.69, 9.17) is 14.2 Å². The Morgan fingerprint density at radius 3 is 1.44 bits per heavy atom. The molecule has 3 heterocycles. The van der Waals surface area contributed by atoms with Crippen molar-refractivity contribution in [3.8, 4) is 0 Å². The van der Waals surface area contributed by atoms with Crippen molar-refractivity contribution in [2.75, 3.05) is 59.1 Å². The first kappa shape index (κ1) is 24.9. The van der Waals surface area contributed by atoms with Gasteiger partial charge in [-0.05, 0) is 27.2 Å². The predicted octanol–water partition coefficient (Wildman–Crippen LogP) is 0.905. The Balaban J connectivity index is 1.47. The average Bonchev–Trinajstić information content (AvgIpc) is 3.71. The van der Waals surface area contributed by atoms with Gasteiger partial charge >= 0.3 is 17.9 Å². The van der Waals surface area contributed by atoms with Gasteiger partial charge in [0, 0.05) is 50.8 Å². The average molecular weight is 454 g/mol. The van der Waals surface area contributed by atoms with Gasteiger partial charge in [-0.15, -0.1) is 0 Å². The van der Waals surface area contributed by atoms with E-state index in [-0.39, 0.29) is 44.3 Å². The highest BCUT2D eigenvalue weighted by molar-refractivity contribution is 5.72. The summed E-state index contributed by atoms with van der Waals surface area (Å²) in [4.78, 5) is 43.1. The third kappa shape index (κ3) is 8.01. The van der Waals surface area contributed by atoms with Crippen LogP contribution in [0.15, 0.2) is 0 Å². The first-order valence-electron chi connectivity index (χ1n) is 11.9. The quantitative estimate of drug-likeness (QED) is 0.204. The molecule has 9 nitrogen and oxygen atoms in total. The smallest absolute Gasteiger partial charge is 0.320 e. The molecule has 0 spiro atoms. The highest BCUT2D eigenvalue weighted by atomic mass is 16.6. The molecule has 0 aromatic rings. The van der Waals surface area contributed by atoms with Crippen LogP contribution in [0.25, 0.3) is 0 Å². The second-order valence-electron chi connectivity index (χ2n) is 9.80. The van der Waals surface area contributed by atoms with Gasteiger partial charge in [-0.3, -0.25) is 29.1 Å². The summed E-state index contributed by atoms with van der Waals surface area (Å²) in [5, 5.41) is 0. The molecular weight excluding hydrogens is 414 g/mol. The molecule has 0 N–H and O–H groups in total. The fraction of sp³-hybridized carbons (Fsp3) is 0.870. The van der Waals surface area contributed by atoms with E-state index in [9.17, 15) is 14.4 Å². The van der Waals surface area contributed by atoms with E-state index >= 15 is 0 Å². The Bertz CT molecular complexity index is 651. The van der Waals surface area contributed by atoms with Gasteiger partial charge in [0.2, 0.25) is 0 Å². The Morgan fingerprint density at radius 2 is 1.09 bits per heavy atom. The second kappa shape index (κ2) is 10.9. The van der Waals surface area contributed by atoms with Crippen LogP contribution in [0.1, 0.15) is 47.0 Å². The third-order valence-corrected chi connectivity index (χ3v) is 6.87. The molecule has 0 aromatic carbocycles. The van der Waals surface area contributed by atoms with Crippen molar-refractivity contribution >= 4 is 17.9 Å². The summed E-state index contributed by atoms with van der Waals surface area (Å²) in [6, 6.07) is 1.49. The minimum atomic E-state index is -0.744. The van der Waals surface area contributed by atoms with Crippen molar-refractivity contribution in [2.24, 2.45) is 5.41 Å². The SMILES string of the molecule is CCC(COC(=O)CCN1CC1C)(COC(=O)CCN1CC1C)COC(=O)CN1CC1C. The Labute approximate surface area is 191 Å². The second-order valence-corrected chi connectivity index (χ2v) is 9.80. The van der Waals surface area contributed by atoms with E-state index in [1.54, 1.807) is 0 Å². The van der Waals surface area contributed by atoms with Crippen LogP contribution in [0.3, 0.4) is 0 Å². The number of esters is 3. The Morgan fingerprint density at radius 1 is 0.719 bits per heavy atom. The van der Waals surface area contributed by atoms with Gasteiger partial charge in [-0.2, -0.15) is 0 Å². The fourth-order valence-corrected chi connectivity index (χ4v) is 3.68. The van der Waals surface area contributed by atoms with Gasteiger partial charge in [0.05, 0.1) is 24.8 Å². The van der Waals surface area contributed by atoms with E-state index in [2.05, 4.69) is 30.6 Å². The summed E-state index contributed by atoms with van der Waals surface area (Å²) >= 11 is 0. The Kier molecular flexibility index (Phi) is 8.52. The van der Waals surface area contributed by atoms with Crippen LogP contribution in [0.4, 0.5) is 0 Å². The number of hydrogen-bond donors (Lipinski definition) is 0. The van der Waals surface area contributed by atoms with Crippen LogP contribution < -0.4 is 0 Å². The first-order chi connectivity index (χ1) is 15.2. The maximum Gasteiger partial charge on any atom is 0.320 e. The summed E-state index contributed by atoms with van der Waals surface area (Å²) in [6.45, 7) is 13.0. The lowest BCUT2D eigenvalue weighted by Gasteiger charge is -2.31. The molecule has 6 atom stereocenters. The topological polar surface area (TPSA) is 87.9 Å². The molecule has 3 fully saturated rings. The van der Waals surface area contributed by atoms with Crippen molar-refractivity contribution in [3.05, 3.63) is 0 Å². The Hall–Kier alpha value is -1.71. The molecule has 3 aliphatic rings. The molecule has 32 heavy (non-hydrogen) atoms. The van der Waals surface area contributed by atoms with Gasteiger partial charge < -0.3 is 14.2 Å². The molecule has 0 amide bonds.